The number of hydrogen-bond acceptors (Lipinski definition) is 3. The van der Waals surface area contributed by atoms with Crippen LogP contribution in [0.25, 0.3) is 21.9 Å². The van der Waals surface area contributed by atoms with Gasteiger partial charge in [-0.2, -0.15) is 0 Å². The van der Waals surface area contributed by atoms with Crippen molar-refractivity contribution < 1.29 is 14.6 Å². The standard InChI is InChI=1S/C25H27NO3/c1-17(2)16-29-24-10-6-5-9-22(24)21-11-12-23(20-8-4-3-7-19(20)21)25(28)26-14-13-18(27)15-26/h3-12,17-18,27H,13-16H2,1-2H3/t18-/m1/s1. The maximum absolute atomic E-state index is 13.1. The predicted octanol–water partition coefficient (Wildman–Crippen LogP) is 4.75. The van der Waals surface area contributed by atoms with Crippen molar-refractivity contribution in [2.75, 3.05) is 19.7 Å². The smallest absolute Gasteiger partial charge is 0.254 e. The highest BCUT2D eigenvalue weighted by molar-refractivity contribution is 6.11. The Morgan fingerprint density at radius 1 is 1.03 bits per heavy atom. The van der Waals surface area contributed by atoms with Crippen molar-refractivity contribution in [2.45, 2.75) is 26.4 Å². The third kappa shape index (κ3) is 3.99. The lowest BCUT2D eigenvalue weighted by Crippen LogP contribution is -2.29. The molecule has 1 N–H and O–H groups in total. The Hall–Kier alpha value is -2.85. The zero-order chi connectivity index (χ0) is 20.4. The Kier molecular flexibility index (Phi) is 5.54. The molecule has 0 spiro atoms. The molecule has 29 heavy (non-hydrogen) atoms. The minimum atomic E-state index is -0.422. The normalized spacial score (nSPS) is 16.6. The summed E-state index contributed by atoms with van der Waals surface area (Å²) in [4.78, 5) is 14.8. The molecule has 0 aromatic heterocycles. The number of para-hydroxylation sites is 1. The minimum Gasteiger partial charge on any atom is -0.493 e. The molecule has 1 amide bonds. The number of likely N-dealkylation sites (tertiary alicyclic amines) is 1. The number of benzene rings is 3. The average molecular weight is 389 g/mol. The Morgan fingerprint density at radius 2 is 1.76 bits per heavy atom. The van der Waals surface area contributed by atoms with Gasteiger partial charge in [-0.25, -0.2) is 0 Å². The summed E-state index contributed by atoms with van der Waals surface area (Å²) in [6.07, 6.45) is 0.219. The van der Waals surface area contributed by atoms with Crippen molar-refractivity contribution in [1.82, 2.24) is 4.90 Å². The molecule has 0 bridgehead atoms. The number of hydrogen-bond donors (Lipinski definition) is 1. The van der Waals surface area contributed by atoms with E-state index in [0.717, 1.165) is 27.6 Å². The van der Waals surface area contributed by atoms with Crippen LogP contribution in [0.2, 0.25) is 0 Å². The first kappa shape index (κ1) is 19.5. The summed E-state index contributed by atoms with van der Waals surface area (Å²) in [5.74, 6) is 1.28. The quantitative estimate of drug-likeness (QED) is 0.685. The highest BCUT2D eigenvalue weighted by Crippen LogP contribution is 2.37. The molecule has 0 unspecified atom stereocenters. The summed E-state index contributed by atoms with van der Waals surface area (Å²) in [5.41, 5.74) is 2.76. The van der Waals surface area contributed by atoms with Gasteiger partial charge in [-0.1, -0.05) is 62.4 Å². The van der Waals surface area contributed by atoms with E-state index in [4.69, 9.17) is 4.74 Å². The molecule has 3 aromatic rings. The first-order valence-corrected chi connectivity index (χ1v) is 10.3. The highest BCUT2D eigenvalue weighted by atomic mass is 16.5. The van der Waals surface area contributed by atoms with Gasteiger partial charge in [0.15, 0.2) is 0 Å². The molecule has 0 radical (unpaired) electrons. The number of amides is 1. The fourth-order valence-electron chi connectivity index (χ4n) is 3.89. The van der Waals surface area contributed by atoms with E-state index in [1.165, 1.54) is 0 Å². The van der Waals surface area contributed by atoms with Gasteiger partial charge >= 0.3 is 0 Å². The van der Waals surface area contributed by atoms with Gasteiger partial charge in [-0.15, -0.1) is 0 Å². The second kappa shape index (κ2) is 8.26. The molecule has 1 heterocycles. The van der Waals surface area contributed by atoms with Crippen LogP contribution in [0, 0.1) is 5.92 Å². The van der Waals surface area contributed by atoms with E-state index in [1.54, 1.807) is 4.90 Å². The number of carbonyl (C=O) groups excluding carboxylic acids is 1. The average Bonchev–Trinajstić information content (AvgIpc) is 3.17. The Morgan fingerprint density at radius 3 is 2.48 bits per heavy atom. The van der Waals surface area contributed by atoms with Crippen molar-refractivity contribution in [3.8, 4) is 16.9 Å². The van der Waals surface area contributed by atoms with Gasteiger partial charge in [0.05, 0.1) is 12.7 Å². The van der Waals surface area contributed by atoms with Crippen molar-refractivity contribution in [3.63, 3.8) is 0 Å². The summed E-state index contributed by atoms with van der Waals surface area (Å²) in [7, 11) is 0. The Balaban J connectivity index is 1.78. The lowest BCUT2D eigenvalue weighted by Gasteiger charge is -2.19. The number of rotatable bonds is 5. The molecule has 4 nitrogen and oxygen atoms in total. The van der Waals surface area contributed by atoms with Crippen LogP contribution >= 0.6 is 0 Å². The van der Waals surface area contributed by atoms with E-state index in [9.17, 15) is 9.90 Å². The molecule has 0 aliphatic carbocycles. The van der Waals surface area contributed by atoms with E-state index >= 15 is 0 Å². The minimum absolute atomic E-state index is 0.0198. The van der Waals surface area contributed by atoms with E-state index in [0.29, 0.717) is 37.6 Å². The lowest BCUT2D eigenvalue weighted by molar-refractivity contribution is 0.0767. The first-order valence-electron chi connectivity index (χ1n) is 10.3. The summed E-state index contributed by atoms with van der Waals surface area (Å²) >= 11 is 0. The van der Waals surface area contributed by atoms with Gasteiger partial charge in [-0.3, -0.25) is 4.79 Å². The SMILES string of the molecule is CC(C)COc1ccccc1-c1ccc(C(=O)N2CC[C@@H](O)C2)c2ccccc12. The third-order valence-electron chi connectivity index (χ3n) is 5.35. The fraction of sp³-hybridized carbons (Fsp3) is 0.320. The summed E-state index contributed by atoms with van der Waals surface area (Å²) in [5, 5.41) is 11.8. The second-order valence-corrected chi connectivity index (χ2v) is 8.10. The zero-order valence-corrected chi connectivity index (χ0v) is 17.0. The first-order chi connectivity index (χ1) is 14.0. The zero-order valence-electron chi connectivity index (χ0n) is 17.0. The van der Waals surface area contributed by atoms with Crippen LogP contribution in [-0.2, 0) is 0 Å². The van der Waals surface area contributed by atoms with E-state index in [1.807, 2.05) is 48.5 Å². The number of β-amino-alcohol motifs (C(OH)–C–C–N with tert-alkyl or cyclic N) is 1. The summed E-state index contributed by atoms with van der Waals surface area (Å²) in [6, 6.07) is 20.0. The van der Waals surface area contributed by atoms with Gasteiger partial charge in [0, 0.05) is 24.2 Å². The highest BCUT2D eigenvalue weighted by Gasteiger charge is 2.26. The van der Waals surface area contributed by atoms with Gasteiger partial charge in [-0.05, 0) is 40.8 Å². The van der Waals surface area contributed by atoms with E-state index in [2.05, 4.69) is 26.0 Å². The van der Waals surface area contributed by atoms with Crippen molar-refractivity contribution in [3.05, 3.63) is 66.2 Å². The summed E-state index contributed by atoms with van der Waals surface area (Å²) in [6.45, 7) is 5.92. The van der Waals surface area contributed by atoms with Gasteiger partial charge < -0.3 is 14.7 Å². The monoisotopic (exact) mass is 389 g/mol. The maximum Gasteiger partial charge on any atom is 0.254 e. The molecule has 3 aromatic carbocycles. The fourth-order valence-corrected chi connectivity index (χ4v) is 3.89. The largest absolute Gasteiger partial charge is 0.493 e. The molecule has 1 aliphatic rings. The molecule has 1 saturated heterocycles. The second-order valence-electron chi connectivity index (χ2n) is 8.10. The third-order valence-corrected chi connectivity index (χ3v) is 5.35. The molecule has 150 valence electrons. The molecule has 1 fully saturated rings. The van der Waals surface area contributed by atoms with Crippen LogP contribution in [0.1, 0.15) is 30.6 Å². The Labute approximate surface area is 171 Å². The van der Waals surface area contributed by atoms with Crippen molar-refractivity contribution in [2.24, 2.45) is 5.92 Å². The number of fused-ring (bicyclic) bond motifs is 1. The Bertz CT molecular complexity index is 1030. The molecular weight excluding hydrogens is 362 g/mol. The van der Waals surface area contributed by atoms with Gasteiger partial charge in [0.25, 0.3) is 5.91 Å². The molecule has 1 aliphatic heterocycles. The van der Waals surface area contributed by atoms with Crippen LogP contribution < -0.4 is 4.74 Å². The van der Waals surface area contributed by atoms with Crippen molar-refractivity contribution >= 4 is 16.7 Å². The molecule has 4 heteroatoms. The molecule has 4 rings (SSSR count). The van der Waals surface area contributed by atoms with Crippen LogP contribution in [0.5, 0.6) is 5.75 Å². The van der Waals surface area contributed by atoms with Gasteiger partial charge in [0.1, 0.15) is 5.75 Å². The van der Waals surface area contributed by atoms with Crippen LogP contribution in [0.3, 0.4) is 0 Å². The van der Waals surface area contributed by atoms with E-state index < -0.39 is 6.10 Å². The van der Waals surface area contributed by atoms with E-state index in [-0.39, 0.29) is 5.91 Å². The predicted molar refractivity (Wildman–Crippen MR) is 116 cm³/mol. The summed E-state index contributed by atoms with van der Waals surface area (Å²) < 4.78 is 6.07. The number of carbonyl (C=O) groups is 1. The molecular formula is C25H27NO3. The lowest BCUT2D eigenvalue weighted by atomic mass is 9.94. The van der Waals surface area contributed by atoms with Crippen LogP contribution in [0.4, 0.5) is 0 Å². The number of aliphatic hydroxyl groups is 1. The van der Waals surface area contributed by atoms with Crippen molar-refractivity contribution in [1.29, 1.82) is 0 Å². The molecule has 0 saturated carbocycles. The van der Waals surface area contributed by atoms with Crippen LogP contribution in [-0.4, -0.2) is 41.7 Å². The van der Waals surface area contributed by atoms with Crippen LogP contribution in [0.15, 0.2) is 60.7 Å². The number of ether oxygens (including phenoxy) is 1. The van der Waals surface area contributed by atoms with Gasteiger partial charge in [0.2, 0.25) is 0 Å². The number of aliphatic hydroxyl groups excluding tert-OH is 1. The molecule has 1 atom stereocenters. The number of nitrogens with zero attached hydrogens (tertiary/aromatic N) is 1. The topological polar surface area (TPSA) is 49.8 Å². The maximum atomic E-state index is 13.1.